The van der Waals surface area contributed by atoms with Gasteiger partial charge in [-0.25, -0.2) is 8.42 Å². The Bertz CT molecular complexity index is 177. The molecule has 5 heteroatoms. The van der Waals surface area contributed by atoms with Gasteiger partial charge >= 0.3 is 0 Å². The Labute approximate surface area is 74.7 Å². The molecular formula is C6H16ClNO2S. The second kappa shape index (κ2) is 5.80. The average molecular weight is 202 g/mol. The van der Waals surface area contributed by atoms with Gasteiger partial charge < -0.3 is 5.73 Å². The van der Waals surface area contributed by atoms with E-state index in [1.807, 2.05) is 0 Å². The van der Waals surface area contributed by atoms with Gasteiger partial charge in [-0.2, -0.15) is 0 Å². The molecule has 0 unspecified atom stereocenters. The first-order chi connectivity index (χ1) is 4.50. The van der Waals surface area contributed by atoms with Crippen LogP contribution in [0.4, 0.5) is 0 Å². The monoisotopic (exact) mass is 201 g/mol. The molecule has 0 atom stereocenters. The minimum atomic E-state index is -2.84. The smallest absolute Gasteiger partial charge is 0.152 e. The van der Waals surface area contributed by atoms with Crippen molar-refractivity contribution >= 4 is 22.2 Å². The van der Waals surface area contributed by atoms with Gasteiger partial charge in [0.15, 0.2) is 9.84 Å². The normalized spacial score (nSPS) is 11.3. The van der Waals surface area contributed by atoms with Gasteiger partial charge in [-0.1, -0.05) is 0 Å². The van der Waals surface area contributed by atoms with Crippen molar-refractivity contribution in [1.82, 2.24) is 0 Å². The third-order valence-electron chi connectivity index (χ3n) is 1.35. The predicted molar refractivity (Wildman–Crippen MR) is 49.8 cm³/mol. The first kappa shape index (κ1) is 13.8. The van der Waals surface area contributed by atoms with Crippen LogP contribution >= 0.6 is 12.4 Å². The molecule has 0 aromatic carbocycles. The Morgan fingerprint density at radius 2 is 1.82 bits per heavy atom. The van der Waals surface area contributed by atoms with Gasteiger partial charge in [0, 0.05) is 0 Å². The topological polar surface area (TPSA) is 60.2 Å². The fourth-order valence-corrected chi connectivity index (χ4v) is 1.56. The molecule has 0 rings (SSSR count). The van der Waals surface area contributed by atoms with Crippen LogP contribution in [0.5, 0.6) is 0 Å². The molecule has 0 amide bonds. The quantitative estimate of drug-likeness (QED) is 0.724. The number of hydrogen-bond acceptors (Lipinski definition) is 3. The number of nitrogens with two attached hydrogens (primary N) is 1. The highest BCUT2D eigenvalue weighted by molar-refractivity contribution is 7.91. The highest BCUT2D eigenvalue weighted by atomic mass is 35.5. The molecule has 0 radical (unpaired) electrons. The van der Waals surface area contributed by atoms with Crippen LogP contribution in [-0.4, -0.2) is 26.0 Å². The maximum absolute atomic E-state index is 11.0. The number of hydrogen-bond donors (Lipinski definition) is 1. The lowest BCUT2D eigenvalue weighted by molar-refractivity contribution is 0.585. The van der Waals surface area contributed by atoms with Crippen molar-refractivity contribution in [3.63, 3.8) is 0 Å². The third-order valence-corrected chi connectivity index (χ3v) is 3.65. The van der Waals surface area contributed by atoms with E-state index >= 15 is 0 Å². The maximum atomic E-state index is 11.0. The summed E-state index contributed by atoms with van der Waals surface area (Å²) in [6.07, 6.45) is 0.570. The molecule has 0 aromatic rings. The first-order valence-electron chi connectivity index (χ1n) is 3.42. The van der Waals surface area contributed by atoms with Crippen molar-refractivity contribution in [3.8, 4) is 0 Å². The SMILES string of the molecule is CC(C)S(=O)(=O)CCCN.Cl. The van der Waals surface area contributed by atoms with Crippen molar-refractivity contribution in [2.75, 3.05) is 12.3 Å². The van der Waals surface area contributed by atoms with E-state index in [0.29, 0.717) is 13.0 Å². The summed E-state index contributed by atoms with van der Waals surface area (Å²) in [6, 6.07) is 0. The molecular weight excluding hydrogens is 186 g/mol. The van der Waals surface area contributed by atoms with E-state index in [1.165, 1.54) is 0 Å². The standard InChI is InChI=1S/C6H15NO2S.ClH/c1-6(2)10(8,9)5-3-4-7;/h6H,3-5,7H2,1-2H3;1H. The summed E-state index contributed by atoms with van der Waals surface area (Å²) in [5, 5.41) is -0.265. The summed E-state index contributed by atoms with van der Waals surface area (Å²) >= 11 is 0. The molecule has 0 aromatic heterocycles. The number of halogens is 1. The van der Waals surface area contributed by atoms with E-state index < -0.39 is 9.84 Å². The van der Waals surface area contributed by atoms with Crippen LogP contribution < -0.4 is 5.73 Å². The van der Waals surface area contributed by atoms with Crippen molar-refractivity contribution in [1.29, 1.82) is 0 Å². The van der Waals surface area contributed by atoms with Gasteiger partial charge in [0.25, 0.3) is 0 Å². The van der Waals surface area contributed by atoms with Gasteiger partial charge in [0.05, 0.1) is 11.0 Å². The second-order valence-corrected chi connectivity index (χ2v) is 5.23. The van der Waals surface area contributed by atoms with Crippen LogP contribution in [0.1, 0.15) is 20.3 Å². The molecule has 0 aliphatic carbocycles. The molecule has 11 heavy (non-hydrogen) atoms. The summed E-state index contributed by atoms with van der Waals surface area (Å²) in [7, 11) is -2.84. The molecule has 0 saturated heterocycles. The Kier molecular flexibility index (Phi) is 7.26. The van der Waals surface area contributed by atoms with Crippen LogP contribution in [-0.2, 0) is 9.84 Å². The van der Waals surface area contributed by atoms with Gasteiger partial charge in [-0.05, 0) is 26.8 Å². The second-order valence-electron chi connectivity index (χ2n) is 2.56. The van der Waals surface area contributed by atoms with E-state index in [4.69, 9.17) is 5.73 Å². The first-order valence-corrected chi connectivity index (χ1v) is 5.14. The summed E-state index contributed by atoms with van der Waals surface area (Å²) in [4.78, 5) is 0. The fourth-order valence-electron chi connectivity index (χ4n) is 0.520. The Morgan fingerprint density at radius 1 is 1.36 bits per heavy atom. The molecule has 0 saturated carbocycles. The minimum Gasteiger partial charge on any atom is -0.330 e. The van der Waals surface area contributed by atoms with E-state index in [9.17, 15) is 8.42 Å². The zero-order valence-electron chi connectivity index (χ0n) is 6.91. The molecule has 0 aliphatic heterocycles. The average Bonchev–Trinajstić information content (AvgIpc) is 1.84. The van der Waals surface area contributed by atoms with Crippen LogP contribution in [0, 0.1) is 0 Å². The predicted octanol–water partition coefficient (Wildman–Crippen LogP) is 0.580. The van der Waals surface area contributed by atoms with Crippen LogP contribution in [0.25, 0.3) is 0 Å². The Hall–Kier alpha value is 0.200. The molecule has 0 aliphatic rings. The van der Waals surface area contributed by atoms with Crippen LogP contribution in [0.2, 0.25) is 0 Å². The largest absolute Gasteiger partial charge is 0.330 e. The number of sulfone groups is 1. The van der Waals surface area contributed by atoms with Crippen LogP contribution in [0.15, 0.2) is 0 Å². The Balaban J connectivity index is 0. The molecule has 0 spiro atoms. The van der Waals surface area contributed by atoms with Crippen molar-refractivity contribution in [3.05, 3.63) is 0 Å². The lowest BCUT2D eigenvalue weighted by Crippen LogP contribution is -2.19. The zero-order valence-corrected chi connectivity index (χ0v) is 8.54. The molecule has 70 valence electrons. The van der Waals surface area contributed by atoms with E-state index in [0.717, 1.165) is 0 Å². The van der Waals surface area contributed by atoms with Gasteiger partial charge in [0.2, 0.25) is 0 Å². The van der Waals surface area contributed by atoms with E-state index in [2.05, 4.69) is 0 Å². The summed E-state index contributed by atoms with van der Waals surface area (Å²) in [5.41, 5.74) is 5.17. The van der Waals surface area contributed by atoms with Crippen molar-refractivity contribution in [2.45, 2.75) is 25.5 Å². The Morgan fingerprint density at radius 3 is 2.09 bits per heavy atom. The molecule has 3 nitrogen and oxygen atoms in total. The lowest BCUT2D eigenvalue weighted by Gasteiger charge is -2.05. The molecule has 0 bridgehead atoms. The van der Waals surface area contributed by atoms with Gasteiger partial charge in [-0.3, -0.25) is 0 Å². The highest BCUT2D eigenvalue weighted by Crippen LogP contribution is 2.01. The fraction of sp³-hybridized carbons (Fsp3) is 1.00. The van der Waals surface area contributed by atoms with E-state index in [-0.39, 0.29) is 23.4 Å². The minimum absolute atomic E-state index is 0. The maximum Gasteiger partial charge on any atom is 0.152 e. The molecule has 0 heterocycles. The molecule has 2 N–H and O–H groups in total. The van der Waals surface area contributed by atoms with Gasteiger partial charge in [0.1, 0.15) is 0 Å². The lowest BCUT2D eigenvalue weighted by atomic mass is 10.5. The van der Waals surface area contributed by atoms with Crippen LogP contribution in [0.3, 0.4) is 0 Å². The zero-order chi connectivity index (χ0) is 8.20. The summed E-state index contributed by atoms with van der Waals surface area (Å²) in [5.74, 6) is 0.223. The molecule has 0 fully saturated rings. The van der Waals surface area contributed by atoms with Gasteiger partial charge in [-0.15, -0.1) is 12.4 Å². The highest BCUT2D eigenvalue weighted by Gasteiger charge is 2.14. The summed E-state index contributed by atoms with van der Waals surface area (Å²) in [6.45, 7) is 3.82. The van der Waals surface area contributed by atoms with Crippen molar-refractivity contribution < 1.29 is 8.42 Å². The number of rotatable bonds is 4. The third kappa shape index (κ3) is 5.47. The summed E-state index contributed by atoms with van der Waals surface area (Å²) < 4.78 is 22.1. The van der Waals surface area contributed by atoms with E-state index in [1.54, 1.807) is 13.8 Å². The van der Waals surface area contributed by atoms with Crippen molar-refractivity contribution in [2.24, 2.45) is 5.73 Å².